The Balaban J connectivity index is 2.11. The molecule has 0 saturated carbocycles. The van der Waals surface area contributed by atoms with Crippen molar-refractivity contribution >= 4 is 45.4 Å². The van der Waals surface area contributed by atoms with Gasteiger partial charge in [-0.15, -0.1) is 11.3 Å². The summed E-state index contributed by atoms with van der Waals surface area (Å²) in [4.78, 5) is 15.5. The first-order valence-corrected chi connectivity index (χ1v) is 10.4. The first-order chi connectivity index (χ1) is 13.6. The Morgan fingerprint density at radius 1 is 1.32 bits per heavy atom. The van der Waals surface area contributed by atoms with Gasteiger partial charge in [0.15, 0.2) is 0 Å². The molecular weight excluding hydrogens is 419 g/mol. The number of hydrogen-bond donors (Lipinski definition) is 2. The van der Waals surface area contributed by atoms with Crippen LogP contribution in [-0.2, 0) is 4.74 Å². The molecule has 1 fully saturated rings. The van der Waals surface area contributed by atoms with Crippen molar-refractivity contribution in [2.24, 2.45) is 0 Å². The first-order valence-electron chi connectivity index (χ1n) is 8.84. The normalized spacial score (nSPS) is 14.0. The molecule has 1 aliphatic rings. The maximum Gasteiger partial charge on any atom is 0.262 e. The predicted molar refractivity (Wildman–Crippen MR) is 114 cm³/mol. The highest BCUT2D eigenvalue weighted by molar-refractivity contribution is 7.19. The molecular formula is C19H20Cl2N4O2S. The predicted octanol–water partition coefficient (Wildman–Crippen LogP) is 3.38. The van der Waals surface area contributed by atoms with Crippen LogP contribution in [0.2, 0.25) is 10.0 Å². The third-order valence-corrected chi connectivity index (χ3v) is 6.16. The Hall–Kier alpha value is -1.82. The average molecular weight is 439 g/mol. The van der Waals surface area contributed by atoms with Gasteiger partial charge in [0, 0.05) is 47.4 Å². The van der Waals surface area contributed by atoms with Crippen LogP contribution >= 0.6 is 34.5 Å². The summed E-state index contributed by atoms with van der Waals surface area (Å²) in [6, 6.07) is 7.37. The summed E-state index contributed by atoms with van der Waals surface area (Å²) in [7, 11) is 1.82. The summed E-state index contributed by atoms with van der Waals surface area (Å²) in [6.07, 6.45) is 0. The van der Waals surface area contributed by atoms with Crippen molar-refractivity contribution in [3.05, 3.63) is 38.7 Å². The minimum absolute atomic E-state index is 0.225. The van der Waals surface area contributed by atoms with E-state index in [1.807, 2.05) is 7.05 Å². The molecule has 1 aromatic heterocycles. The summed E-state index contributed by atoms with van der Waals surface area (Å²) in [5.74, 6) is -0.225. The minimum atomic E-state index is -0.225. The van der Waals surface area contributed by atoms with Gasteiger partial charge in [0.2, 0.25) is 0 Å². The van der Waals surface area contributed by atoms with Crippen molar-refractivity contribution in [2.45, 2.75) is 0 Å². The van der Waals surface area contributed by atoms with Crippen LogP contribution in [0, 0.1) is 11.3 Å². The molecule has 0 radical (unpaired) electrons. The first kappa shape index (κ1) is 20.9. The Morgan fingerprint density at radius 2 is 2.07 bits per heavy atom. The number of halogens is 2. The van der Waals surface area contributed by atoms with Crippen LogP contribution in [0.15, 0.2) is 18.2 Å². The lowest BCUT2D eigenvalue weighted by Gasteiger charge is -2.27. The molecule has 148 valence electrons. The monoisotopic (exact) mass is 438 g/mol. The zero-order valence-electron chi connectivity index (χ0n) is 15.3. The van der Waals surface area contributed by atoms with E-state index in [-0.39, 0.29) is 5.91 Å². The second-order valence-corrected chi connectivity index (χ2v) is 8.02. The fourth-order valence-electron chi connectivity index (χ4n) is 3.00. The second kappa shape index (κ2) is 9.59. The minimum Gasteiger partial charge on any atom is -0.378 e. The number of nitriles is 1. The number of benzene rings is 1. The van der Waals surface area contributed by atoms with E-state index in [9.17, 15) is 10.1 Å². The summed E-state index contributed by atoms with van der Waals surface area (Å²) < 4.78 is 5.42. The standard InChI is InChI=1S/C19H20Cl2N4O2S/c1-23-4-5-24-18(26)17-16(13-3-2-12(20)10-15(13)21)14(11-22)19(28-17)25-6-8-27-9-7-25/h2-3,10,23H,4-9H2,1H3,(H,24,26). The Bertz CT molecular complexity index is 904. The van der Waals surface area contributed by atoms with Gasteiger partial charge in [0.1, 0.15) is 15.9 Å². The van der Waals surface area contributed by atoms with Crippen LogP contribution in [0.4, 0.5) is 5.00 Å². The molecule has 0 bridgehead atoms. The van der Waals surface area contributed by atoms with Crippen LogP contribution in [0.1, 0.15) is 15.2 Å². The van der Waals surface area contributed by atoms with Gasteiger partial charge >= 0.3 is 0 Å². The number of amides is 1. The van der Waals surface area contributed by atoms with Gasteiger partial charge in [-0.3, -0.25) is 4.79 Å². The number of hydrogen-bond acceptors (Lipinski definition) is 6. The van der Waals surface area contributed by atoms with Gasteiger partial charge in [-0.05, 0) is 19.2 Å². The van der Waals surface area contributed by atoms with Crippen LogP contribution in [0.25, 0.3) is 11.1 Å². The van der Waals surface area contributed by atoms with Crippen molar-refractivity contribution in [1.29, 1.82) is 5.26 Å². The molecule has 0 atom stereocenters. The lowest BCUT2D eigenvalue weighted by Crippen LogP contribution is -2.36. The highest BCUT2D eigenvalue weighted by Gasteiger charge is 2.28. The number of carbonyl (C=O) groups excluding carboxylic acids is 1. The van der Waals surface area contributed by atoms with E-state index in [0.717, 1.165) is 5.00 Å². The van der Waals surface area contributed by atoms with E-state index in [4.69, 9.17) is 27.9 Å². The third-order valence-electron chi connectivity index (χ3n) is 4.37. The highest BCUT2D eigenvalue weighted by Crippen LogP contribution is 2.44. The largest absolute Gasteiger partial charge is 0.378 e. The Labute approximate surface area is 178 Å². The molecule has 2 N–H and O–H groups in total. The maximum absolute atomic E-state index is 12.9. The van der Waals surface area contributed by atoms with Crippen molar-refractivity contribution in [3.8, 4) is 17.2 Å². The highest BCUT2D eigenvalue weighted by atomic mass is 35.5. The maximum atomic E-state index is 12.9. The fourth-order valence-corrected chi connectivity index (χ4v) is 4.74. The molecule has 0 unspecified atom stereocenters. The molecule has 1 saturated heterocycles. The van der Waals surface area contributed by atoms with E-state index >= 15 is 0 Å². The third kappa shape index (κ3) is 4.43. The molecule has 0 aliphatic carbocycles. The number of morpholine rings is 1. The SMILES string of the molecule is CNCCNC(=O)c1sc(N2CCOCC2)c(C#N)c1-c1ccc(Cl)cc1Cl. The van der Waals surface area contributed by atoms with Gasteiger partial charge in [0.25, 0.3) is 5.91 Å². The summed E-state index contributed by atoms with van der Waals surface area (Å²) in [5, 5.41) is 17.5. The molecule has 3 rings (SSSR count). The van der Waals surface area contributed by atoms with Crippen molar-refractivity contribution < 1.29 is 9.53 Å². The molecule has 28 heavy (non-hydrogen) atoms. The zero-order chi connectivity index (χ0) is 20.1. The van der Waals surface area contributed by atoms with E-state index in [1.165, 1.54) is 11.3 Å². The molecule has 1 aromatic carbocycles. The number of anilines is 1. The number of thiophene rings is 1. The summed E-state index contributed by atoms with van der Waals surface area (Å²) in [5.41, 5.74) is 1.63. The van der Waals surface area contributed by atoms with Crippen molar-refractivity contribution in [2.75, 3.05) is 51.3 Å². The van der Waals surface area contributed by atoms with Gasteiger partial charge < -0.3 is 20.3 Å². The molecule has 0 spiro atoms. The van der Waals surface area contributed by atoms with Gasteiger partial charge in [-0.25, -0.2) is 0 Å². The van der Waals surface area contributed by atoms with Crippen molar-refractivity contribution in [3.63, 3.8) is 0 Å². The Kier molecular flexibility index (Phi) is 7.16. The van der Waals surface area contributed by atoms with Crippen LogP contribution in [-0.4, -0.2) is 52.3 Å². The fraction of sp³-hybridized carbons (Fsp3) is 0.368. The quantitative estimate of drug-likeness (QED) is 0.675. The number of rotatable bonds is 6. The van der Waals surface area contributed by atoms with Crippen molar-refractivity contribution in [1.82, 2.24) is 10.6 Å². The topological polar surface area (TPSA) is 77.4 Å². The summed E-state index contributed by atoms with van der Waals surface area (Å²) in [6.45, 7) is 3.64. The van der Waals surface area contributed by atoms with E-state index in [2.05, 4.69) is 21.6 Å². The number of carbonyl (C=O) groups is 1. The van der Waals surface area contributed by atoms with E-state index < -0.39 is 0 Å². The van der Waals surface area contributed by atoms with Crippen LogP contribution in [0.3, 0.4) is 0 Å². The number of likely N-dealkylation sites (N-methyl/N-ethyl adjacent to an activating group) is 1. The number of nitrogens with zero attached hydrogens (tertiary/aromatic N) is 2. The number of ether oxygens (including phenoxy) is 1. The number of nitrogens with one attached hydrogen (secondary N) is 2. The lowest BCUT2D eigenvalue weighted by atomic mass is 10.0. The molecule has 2 aromatic rings. The molecule has 6 nitrogen and oxygen atoms in total. The molecule has 9 heteroatoms. The van der Waals surface area contributed by atoms with E-state index in [0.29, 0.717) is 71.0 Å². The van der Waals surface area contributed by atoms with Crippen LogP contribution < -0.4 is 15.5 Å². The van der Waals surface area contributed by atoms with Gasteiger partial charge in [-0.1, -0.05) is 29.3 Å². The van der Waals surface area contributed by atoms with E-state index in [1.54, 1.807) is 18.2 Å². The smallest absolute Gasteiger partial charge is 0.262 e. The summed E-state index contributed by atoms with van der Waals surface area (Å²) >= 11 is 13.8. The zero-order valence-corrected chi connectivity index (χ0v) is 17.7. The lowest BCUT2D eigenvalue weighted by molar-refractivity contribution is 0.0958. The molecule has 1 amide bonds. The van der Waals surface area contributed by atoms with Crippen LogP contribution in [0.5, 0.6) is 0 Å². The molecule has 1 aliphatic heterocycles. The average Bonchev–Trinajstić information content (AvgIpc) is 3.08. The molecule has 2 heterocycles. The Morgan fingerprint density at radius 3 is 2.71 bits per heavy atom. The van der Waals surface area contributed by atoms with Gasteiger partial charge in [0.05, 0.1) is 18.8 Å². The van der Waals surface area contributed by atoms with Gasteiger partial charge in [-0.2, -0.15) is 5.26 Å². The second-order valence-electron chi connectivity index (χ2n) is 6.18.